The molecule has 98 valence electrons. The van der Waals surface area contributed by atoms with Gasteiger partial charge < -0.3 is 10.8 Å². The summed E-state index contributed by atoms with van der Waals surface area (Å²) in [5.74, 6) is 0.512. The minimum Gasteiger partial charge on any atom is -0.390 e. The summed E-state index contributed by atoms with van der Waals surface area (Å²) in [6.07, 6.45) is 9.49. The number of rotatable bonds is 1. The molecule has 0 radical (unpaired) electrons. The number of hydrogen-bond donors (Lipinski definition) is 2. The minimum atomic E-state index is -0.336. The number of hydrogen-bond acceptors (Lipinski definition) is 3. The number of nitrogens with zero attached hydrogens (tertiary/aromatic N) is 1. The summed E-state index contributed by atoms with van der Waals surface area (Å²) in [7, 11) is 0. The molecule has 4 atom stereocenters. The molecule has 0 aromatic rings. The standard InChI is InChI=1S/C14H26N2O/c15-12-5-3-6-13(12)16-9-8-14(17)7-2-1-4-11(14)10-16/h11-13,17H,1-10,15H2. The second-order valence-electron chi connectivity index (χ2n) is 6.45. The molecular formula is C14H26N2O. The van der Waals surface area contributed by atoms with E-state index in [-0.39, 0.29) is 5.60 Å². The van der Waals surface area contributed by atoms with Crippen LogP contribution in [0.2, 0.25) is 0 Å². The average Bonchev–Trinajstić information content (AvgIpc) is 2.74. The van der Waals surface area contributed by atoms with Gasteiger partial charge in [0.25, 0.3) is 0 Å². The molecule has 0 aromatic heterocycles. The topological polar surface area (TPSA) is 49.5 Å². The normalized spacial score (nSPS) is 48.0. The summed E-state index contributed by atoms with van der Waals surface area (Å²) in [6, 6.07) is 0.978. The van der Waals surface area contributed by atoms with Crippen LogP contribution in [0.25, 0.3) is 0 Å². The summed E-state index contributed by atoms with van der Waals surface area (Å²) in [5.41, 5.74) is 5.87. The van der Waals surface area contributed by atoms with Crippen LogP contribution in [-0.4, -0.2) is 40.8 Å². The molecule has 3 aliphatic rings. The SMILES string of the molecule is NC1CCCC1N1CCC2(O)CCCCC2C1. The number of likely N-dealkylation sites (tertiary alicyclic amines) is 1. The van der Waals surface area contributed by atoms with Gasteiger partial charge in [0.1, 0.15) is 0 Å². The molecule has 2 saturated carbocycles. The summed E-state index contributed by atoms with van der Waals surface area (Å²) in [6.45, 7) is 2.15. The molecule has 0 spiro atoms. The van der Waals surface area contributed by atoms with E-state index in [1.54, 1.807) is 0 Å². The Morgan fingerprint density at radius 3 is 2.71 bits per heavy atom. The number of nitrogens with two attached hydrogens (primary N) is 1. The highest BCUT2D eigenvalue weighted by Gasteiger charge is 2.45. The maximum absolute atomic E-state index is 10.7. The van der Waals surface area contributed by atoms with Gasteiger partial charge in [-0.15, -0.1) is 0 Å². The number of piperidine rings is 1. The third-order valence-electron chi connectivity index (χ3n) is 5.46. The van der Waals surface area contributed by atoms with Gasteiger partial charge in [-0.2, -0.15) is 0 Å². The van der Waals surface area contributed by atoms with Gasteiger partial charge in [0, 0.05) is 31.1 Å². The van der Waals surface area contributed by atoms with Crippen LogP contribution in [0.1, 0.15) is 51.4 Å². The number of fused-ring (bicyclic) bond motifs is 1. The lowest BCUT2D eigenvalue weighted by atomic mass is 9.71. The summed E-state index contributed by atoms with van der Waals surface area (Å²) < 4.78 is 0. The second-order valence-corrected chi connectivity index (χ2v) is 6.45. The van der Waals surface area contributed by atoms with E-state index in [4.69, 9.17) is 5.73 Å². The summed E-state index contributed by atoms with van der Waals surface area (Å²) in [4.78, 5) is 2.59. The lowest BCUT2D eigenvalue weighted by Gasteiger charge is -2.49. The Hall–Kier alpha value is -0.120. The van der Waals surface area contributed by atoms with Gasteiger partial charge in [0.2, 0.25) is 0 Å². The van der Waals surface area contributed by atoms with E-state index < -0.39 is 0 Å². The van der Waals surface area contributed by atoms with Crippen molar-refractivity contribution in [2.75, 3.05) is 13.1 Å². The monoisotopic (exact) mass is 238 g/mol. The Kier molecular flexibility index (Phi) is 3.18. The maximum Gasteiger partial charge on any atom is 0.0700 e. The molecule has 0 amide bonds. The van der Waals surface area contributed by atoms with Gasteiger partial charge in [0.15, 0.2) is 0 Å². The largest absolute Gasteiger partial charge is 0.390 e. The first-order chi connectivity index (χ1) is 8.19. The Bertz CT molecular complexity index is 283. The molecule has 3 rings (SSSR count). The lowest BCUT2D eigenvalue weighted by Crippen LogP contribution is -2.57. The van der Waals surface area contributed by atoms with Crippen molar-refractivity contribution >= 4 is 0 Å². The van der Waals surface area contributed by atoms with Crippen molar-refractivity contribution in [3.63, 3.8) is 0 Å². The van der Waals surface area contributed by atoms with E-state index in [1.807, 2.05) is 0 Å². The fraction of sp³-hybridized carbons (Fsp3) is 1.00. The Morgan fingerprint density at radius 2 is 1.94 bits per heavy atom. The Labute approximate surface area is 104 Å². The average molecular weight is 238 g/mol. The van der Waals surface area contributed by atoms with Crippen molar-refractivity contribution in [3.8, 4) is 0 Å². The van der Waals surface area contributed by atoms with Gasteiger partial charge in [-0.1, -0.05) is 19.3 Å². The van der Waals surface area contributed by atoms with Crippen LogP contribution >= 0.6 is 0 Å². The van der Waals surface area contributed by atoms with E-state index in [1.165, 1.54) is 38.5 Å². The third-order valence-corrected chi connectivity index (χ3v) is 5.46. The predicted octanol–water partition coefficient (Wildman–Crippen LogP) is 1.49. The first-order valence-corrected chi connectivity index (χ1v) is 7.41. The fourth-order valence-electron chi connectivity index (χ4n) is 4.32. The Balaban J connectivity index is 1.67. The summed E-state index contributed by atoms with van der Waals surface area (Å²) >= 11 is 0. The molecule has 0 aromatic carbocycles. The minimum absolute atomic E-state index is 0.336. The van der Waals surface area contributed by atoms with Crippen molar-refractivity contribution < 1.29 is 5.11 Å². The van der Waals surface area contributed by atoms with E-state index in [0.29, 0.717) is 18.0 Å². The van der Waals surface area contributed by atoms with E-state index in [9.17, 15) is 5.11 Å². The highest BCUT2D eigenvalue weighted by Crippen LogP contribution is 2.41. The Morgan fingerprint density at radius 1 is 1.06 bits per heavy atom. The zero-order valence-corrected chi connectivity index (χ0v) is 10.8. The van der Waals surface area contributed by atoms with Crippen molar-refractivity contribution in [1.29, 1.82) is 0 Å². The first kappa shape index (κ1) is 11.9. The van der Waals surface area contributed by atoms with Crippen LogP contribution in [0.15, 0.2) is 0 Å². The number of aliphatic hydroxyl groups is 1. The second kappa shape index (κ2) is 4.52. The summed E-state index contributed by atoms with van der Waals surface area (Å²) in [5, 5.41) is 10.7. The highest BCUT2D eigenvalue weighted by atomic mass is 16.3. The molecule has 1 saturated heterocycles. The van der Waals surface area contributed by atoms with E-state index >= 15 is 0 Å². The lowest BCUT2D eigenvalue weighted by molar-refractivity contribution is -0.103. The van der Waals surface area contributed by atoms with Crippen molar-refractivity contribution in [2.45, 2.75) is 69.1 Å². The van der Waals surface area contributed by atoms with Gasteiger partial charge in [-0.05, 0) is 32.1 Å². The maximum atomic E-state index is 10.7. The smallest absolute Gasteiger partial charge is 0.0700 e. The molecule has 3 N–H and O–H groups in total. The molecule has 17 heavy (non-hydrogen) atoms. The highest BCUT2D eigenvalue weighted by molar-refractivity contribution is 4.99. The molecule has 1 aliphatic heterocycles. The molecule has 0 bridgehead atoms. The molecule has 1 heterocycles. The zero-order valence-electron chi connectivity index (χ0n) is 10.8. The molecule has 3 nitrogen and oxygen atoms in total. The van der Waals surface area contributed by atoms with Crippen LogP contribution in [0.3, 0.4) is 0 Å². The van der Waals surface area contributed by atoms with Crippen molar-refractivity contribution in [1.82, 2.24) is 4.90 Å². The van der Waals surface area contributed by atoms with E-state index in [2.05, 4.69) is 4.90 Å². The third kappa shape index (κ3) is 2.13. The van der Waals surface area contributed by atoms with Crippen LogP contribution < -0.4 is 5.73 Å². The van der Waals surface area contributed by atoms with Gasteiger partial charge in [-0.25, -0.2) is 0 Å². The van der Waals surface area contributed by atoms with Gasteiger partial charge in [-0.3, -0.25) is 4.90 Å². The molecular weight excluding hydrogens is 212 g/mol. The quantitative estimate of drug-likeness (QED) is 0.728. The van der Waals surface area contributed by atoms with Crippen LogP contribution in [-0.2, 0) is 0 Å². The molecule has 2 aliphatic carbocycles. The first-order valence-electron chi connectivity index (χ1n) is 7.41. The van der Waals surface area contributed by atoms with Crippen molar-refractivity contribution in [2.24, 2.45) is 11.7 Å². The van der Waals surface area contributed by atoms with Gasteiger partial charge >= 0.3 is 0 Å². The van der Waals surface area contributed by atoms with Crippen LogP contribution in [0, 0.1) is 5.92 Å². The zero-order chi connectivity index (χ0) is 11.9. The molecule has 3 fully saturated rings. The van der Waals surface area contributed by atoms with Crippen LogP contribution in [0.5, 0.6) is 0 Å². The molecule has 3 heteroatoms. The van der Waals surface area contributed by atoms with Crippen LogP contribution in [0.4, 0.5) is 0 Å². The van der Waals surface area contributed by atoms with Crippen molar-refractivity contribution in [3.05, 3.63) is 0 Å². The van der Waals surface area contributed by atoms with E-state index in [0.717, 1.165) is 25.9 Å². The van der Waals surface area contributed by atoms with Gasteiger partial charge in [0.05, 0.1) is 5.60 Å². The molecule has 4 unspecified atom stereocenters. The predicted molar refractivity (Wildman–Crippen MR) is 68.7 cm³/mol. The fourth-order valence-corrected chi connectivity index (χ4v) is 4.32.